The lowest BCUT2D eigenvalue weighted by Crippen LogP contribution is -2.33. The van der Waals surface area contributed by atoms with Crippen molar-refractivity contribution in [3.63, 3.8) is 0 Å². The van der Waals surface area contributed by atoms with Gasteiger partial charge in [0.25, 0.3) is 0 Å². The van der Waals surface area contributed by atoms with Crippen molar-refractivity contribution >= 4 is 0 Å². The molecular weight excluding hydrogens is 291 g/mol. The normalized spacial score (nSPS) is 17.9. The van der Waals surface area contributed by atoms with Gasteiger partial charge in [0.05, 0.1) is 11.6 Å². The van der Waals surface area contributed by atoms with Crippen LogP contribution in [0.15, 0.2) is 48.5 Å². The first-order valence-electron chi connectivity index (χ1n) is 7.15. The van der Waals surface area contributed by atoms with E-state index in [0.29, 0.717) is 6.61 Å². The summed E-state index contributed by atoms with van der Waals surface area (Å²) in [6.07, 6.45) is -3.40. The third kappa shape index (κ3) is 3.25. The van der Waals surface area contributed by atoms with Crippen molar-refractivity contribution in [2.24, 2.45) is 0 Å². The first-order valence-corrected chi connectivity index (χ1v) is 7.15. The zero-order valence-electron chi connectivity index (χ0n) is 11.9. The van der Waals surface area contributed by atoms with Gasteiger partial charge >= 0.3 is 6.18 Å². The predicted molar refractivity (Wildman–Crippen MR) is 77.8 cm³/mol. The fraction of sp³-hybridized carbons (Fsp3) is 0.294. The molecule has 116 valence electrons. The highest BCUT2D eigenvalue weighted by molar-refractivity contribution is 5.33. The second-order valence-corrected chi connectivity index (χ2v) is 5.29. The van der Waals surface area contributed by atoms with Crippen molar-refractivity contribution in [3.05, 3.63) is 65.2 Å². The molecule has 0 fully saturated rings. The molecule has 2 aromatic rings. The van der Waals surface area contributed by atoms with E-state index >= 15 is 0 Å². The fourth-order valence-electron chi connectivity index (χ4n) is 2.68. The van der Waals surface area contributed by atoms with Gasteiger partial charge in [0.2, 0.25) is 0 Å². The van der Waals surface area contributed by atoms with Crippen LogP contribution < -0.4 is 10.1 Å². The topological polar surface area (TPSA) is 21.3 Å². The first-order chi connectivity index (χ1) is 10.5. The highest BCUT2D eigenvalue weighted by Crippen LogP contribution is 2.31. The van der Waals surface area contributed by atoms with Crippen LogP contribution in [0.3, 0.4) is 0 Å². The van der Waals surface area contributed by atoms with Gasteiger partial charge in [-0.05, 0) is 42.3 Å². The van der Waals surface area contributed by atoms with Gasteiger partial charge in [0.1, 0.15) is 12.4 Å². The maximum Gasteiger partial charge on any atom is 0.416 e. The Morgan fingerprint density at radius 1 is 1.09 bits per heavy atom. The van der Waals surface area contributed by atoms with E-state index in [0.717, 1.165) is 30.7 Å². The van der Waals surface area contributed by atoms with E-state index in [-0.39, 0.29) is 11.8 Å². The molecule has 0 bridgehead atoms. The van der Waals surface area contributed by atoms with E-state index in [1.165, 1.54) is 11.6 Å². The maximum atomic E-state index is 12.7. The molecule has 0 aromatic heterocycles. The van der Waals surface area contributed by atoms with Crippen molar-refractivity contribution in [3.8, 4) is 5.75 Å². The van der Waals surface area contributed by atoms with Gasteiger partial charge in [-0.1, -0.05) is 30.3 Å². The number of nitrogens with one attached hydrogen (secondary N) is 1. The molecule has 1 atom stereocenters. The van der Waals surface area contributed by atoms with Gasteiger partial charge < -0.3 is 10.1 Å². The molecule has 1 aliphatic rings. The minimum atomic E-state index is -4.35. The summed E-state index contributed by atoms with van der Waals surface area (Å²) in [4.78, 5) is 0. The molecule has 0 amide bonds. The van der Waals surface area contributed by atoms with Crippen molar-refractivity contribution in [1.29, 1.82) is 0 Å². The Kier molecular flexibility index (Phi) is 4.07. The third-order valence-electron chi connectivity index (χ3n) is 3.79. The molecule has 1 unspecified atom stereocenters. The quantitative estimate of drug-likeness (QED) is 0.926. The summed E-state index contributed by atoms with van der Waals surface area (Å²) in [5.74, 6) is 0.236. The van der Waals surface area contributed by atoms with E-state index in [4.69, 9.17) is 4.74 Å². The number of fused-ring (bicyclic) bond motifs is 1. The lowest BCUT2D eigenvalue weighted by molar-refractivity contribution is -0.137. The van der Waals surface area contributed by atoms with Crippen LogP contribution in [-0.2, 0) is 12.6 Å². The summed E-state index contributed by atoms with van der Waals surface area (Å²) in [7, 11) is 0. The highest BCUT2D eigenvalue weighted by Gasteiger charge is 2.30. The van der Waals surface area contributed by atoms with E-state index in [2.05, 4.69) is 11.4 Å². The molecule has 2 nitrogen and oxygen atoms in total. The summed E-state index contributed by atoms with van der Waals surface area (Å²) >= 11 is 0. The molecule has 5 heteroatoms. The molecule has 0 saturated heterocycles. The number of rotatable bonds is 3. The van der Waals surface area contributed by atoms with Crippen LogP contribution in [0.2, 0.25) is 0 Å². The summed E-state index contributed by atoms with van der Waals surface area (Å²) in [6.45, 7) is 1.14. The van der Waals surface area contributed by atoms with Gasteiger partial charge in [-0.3, -0.25) is 0 Å². The molecule has 0 aliphatic carbocycles. The van der Waals surface area contributed by atoms with Crippen LogP contribution in [0.5, 0.6) is 5.75 Å². The molecule has 1 N–H and O–H groups in total. The molecule has 2 aromatic carbocycles. The second kappa shape index (κ2) is 6.01. The van der Waals surface area contributed by atoms with Crippen LogP contribution in [0, 0.1) is 0 Å². The largest absolute Gasteiger partial charge is 0.492 e. The average Bonchev–Trinajstić information content (AvgIpc) is 2.52. The van der Waals surface area contributed by atoms with E-state index in [1.807, 2.05) is 18.2 Å². The number of halogens is 3. The fourth-order valence-corrected chi connectivity index (χ4v) is 2.68. The Morgan fingerprint density at radius 3 is 2.73 bits per heavy atom. The molecule has 3 rings (SSSR count). The molecular formula is C17H16F3NO. The van der Waals surface area contributed by atoms with Crippen molar-refractivity contribution in [2.45, 2.75) is 18.6 Å². The zero-order chi connectivity index (χ0) is 15.6. The average molecular weight is 307 g/mol. The summed E-state index contributed by atoms with van der Waals surface area (Å²) in [6, 6.07) is 13.0. The molecule has 1 aliphatic heterocycles. The lowest BCUT2D eigenvalue weighted by Gasteiger charge is -2.27. The van der Waals surface area contributed by atoms with E-state index in [1.54, 1.807) is 6.07 Å². The monoisotopic (exact) mass is 307 g/mol. The maximum absolute atomic E-state index is 12.7. The number of benzene rings is 2. The smallest absolute Gasteiger partial charge is 0.416 e. The Balaban J connectivity index is 1.71. The van der Waals surface area contributed by atoms with Gasteiger partial charge in [-0.25, -0.2) is 0 Å². The van der Waals surface area contributed by atoms with Gasteiger partial charge in [0.15, 0.2) is 0 Å². The Hall–Kier alpha value is -2.01. The Morgan fingerprint density at radius 2 is 1.91 bits per heavy atom. The molecule has 1 heterocycles. The van der Waals surface area contributed by atoms with E-state index in [9.17, 15) is 13.2 Å². The molecule has 0 spiro atoms. The Bertz CT molecular complexity index is 654. The first kappa shape index (κ1) is 14.9. The summed E-state index contributed by atoms with van der Waals surface area (Å²) < 4.78 is 43.7. The third-order valence-corrected chi connectivity index (χ3v) is 3.79. The van der Waals surface area contributed by atoms with Crippen molar-refractivity contribution < 1.29 is 17.9 Å². The number of hydrogen-bond acceptors (Lipinski definition) is 2. The SMILES string of the molecule is FC(F)(F)c1cccc(OCC2NCCc3ccccc32)c1. The van der Waals surface area contributed by atoms with Crippen LogP contribution in [-0.4, -0.2) is 13.2 Å². The van der Waals surface area contributed by atoms with Gasteiger partial charge in [0, 0.05) is 0 Å². The minimum Gasteiger partial charge on any atom is -0.492 e. The van der Waals surface area contributed by atoms with Crippen LogP contribution in [0.4, 0.5) is 13.2 Å². The second-order valence-electron chi connectivity index (χ2n) is 5.29. The van der Waals surface area contributed by atoms with Gasteiger partial charge in [-0.2, -0.15) is 13.2 Å². The minimum absolute atomic E-state index is 0.000470. The summed E-state index contributed by atoms with van der Waals surface area (Å²) in [5, 5.41) is 3.34. The molecule has 0 saturated carbocycles. The molecule has 0 radical (unpaired) electrons. The van der Waals surface area contributed by atoms with E-state index < -0.39 is 11.7 Å². The van der Waals surface area contributed by atoms with Crippen molar-refractivity contribution in [2.75, 3.05) is 13.2 Å². The number of ether oxygens (including phenoxy) is 1. The number of alkyl halides is 3. The van der Waals surface area contributed by atoms with Crippen LogP contribution >= 0.6 is 0 Å². The highest BCUT2D eigenvalue weighted by atomic mass is 19.4. The Labute approximate surface area is 126 Å². The lowest BCUT2D eigenvalue weighted by atomic mass is 9.95. The van der Waals surface area contributed by atoms with Crippen LogP contribution in [0.25, 0.3) is 0 Å². The summed E-state index contributed by atoms with van der Waals surface area (Å²) in [5.41, 5.74) is 1.72. The molecule has 22 heavy (non-hydrogen) atoms. The van der Waals surface area contributed by atoms with Crippen molar-refractivity contribution in [1.82, 2.24) is 5.32 Å². The standard InChI is InChI=1S/C17H16F3NO/c18-17(19,20)13-5-3-6-14(10-13)22-11-16-15-7-2-1-4-12(15)8-9-21-16/h1-7,10,16,21H,8-9,11H2. The number of hydrogen-bond donors (Lipinski definition) is 1. The van der Waals surface area contributed by atoms with Gasteiger partial charge in [-0.15, -0.1) is 0 Å². The zero-order valence-corrected chi connectivity index (χ0v) is 11.9. The predicted octanol–water partition coefficient (Wildman–Crippen LogP) is 3.97. The van der Waals surface area contributed by atoms with Crippen LogP contribution in [0.1, 0.15) is 22.7 Å².